The number of ether oxygens (including phenoxy) is 1. The van der Waals surface area contributed by atoms with Gasteiger partial charge in [0.2, 0.25) is 0 Å². The van der Waals surface area contributed by atoms with Gasteiger partial charge < -0.3 is 10.1 Å². The minimum atomic E-state index is -0.389. The molecule has 1 unspecified atom stereocenters. The molecule has 27 heavy (non-hydrogen) atoms. The molecule has 1 N–H and O–H groups in total. The van der Waals surface area contributed by atoms with Crippen LogP contribution in [0.5, 0.6) is 0 Å². The number of hydrogen-bond donors (Lipinski definition) is 1. The molecule has 2 aromatic rings. The summed E-state index contributed by atoms with van der Waals surface area (Å²) in [6, 6.07) is 15.3. The standard InChI is InChI=1S/C24H30N2O/c1-19-18-25-22(17-24(19,27-2)26-15-6-3-7-16-26)14-13-21-11-8-10-20-9-4-5-12-23(20)21/h4-5,8-12,17-18,25H,3,6-7,13-16H2,1-2H3. The maximum absolute atomic E-state index is 6.12. The largest absolute Gasteiger partial charge is 0.365 e. The molecule has 2 aliphatic rings. The van der Waals surface area contributed by atoms with Gasteiger partial charge >= 0.3 is 0 Å². The molecule has 0 aliphatic carbocycles. The Hall–Kier alpha value is -2.10. The molecule has 3 nitrogen and oxygen atoms in total. The number of methoxy groups -OCH3 is 1. The van der Waals surface area contributed by atoms with Crippen LogP contribution in [-0.2, 0) is 11.2 Å². The summed E-state index contributed by atoms with van der Waals surface area (Å²) >= 11 is 0. The fraction of sp³-hybridized carbons (Fsp3) is 0.417. The lowest BCUT2D eigenvalue weighted by Crippen LogP contribution is -2.53. The van der Waals surface area contributed by atoms with Crippen LogP contribution >= 0.6 is 0 Å². The molecule has 0 radical (unpaired) electrons. The molecular weight excluding hydrogens is 332 g/mol. The van der Waals surface area contributed by atoms with Gasteiger partial charge in [-0.3, -0.25) is 4.90 Å². The Balaban J connectivity index is 1.56. The zero-order chi connectivity index (χ0) is 18.7. The fourth-order valence-corrected chi connectivity index (χ4v) is 4.54. The number of nitrogens with one attached hydrogen (secondary N) is 1. The predicted octanol–water partition coefficient (Wildman–Crippen LogP) is 4.99. The summed E-state index contributed by atoms with van der Waals surface area (Å²) < 4.78 is 6.12. The van der Waals surface area contributed by atoms with Gasteiger partial charge in [-0.05, 0) is 60.6 Å². The first-order chi connectivity index (χ1) is 13.2. The molecule has 2 aliphatic heterocycles. The van der Waals surface area contributed by atoms with Crippen LogP contribution in [0.15, 0.2) is 66.0 Å². The Labute approximate surface area is 162 Å². The van der Waals surface area contributed by atoms with Crippen LogP contribution in [0.2, 0.25) is 0 Å². The third-order valence-electron chi connectivity index (χ3n) is 6.09. The van der Waals surface area contributed by atoms with E-state index in [1.807, 2.05) is 7.11 Å². The highest BCUT2D eigenvalue weighted by Gasteiger charge is 2.39. The molecule has 0 amide bonds. The van der Waals surface area contributed by atoms with E-state index >= 15 is 0 Å². The number of dihydropyridines is 1. The molecule has 0 aromatic heterocycles. The monoisotopic (exact) mass is 362 g/mol. The van der Waals surface area contributed by atoms with Crippen molar-refractivity contribution in [1.29, 1.82) is 0 Å². The number of benzene rings is 2. The second-order valence-corrected chi connectivity index (χ2v) is 7.73. The first-order valence-corrected chi connectivity index (χ1v) is 10.2. The van der Waals surface area contributed by atoms with Crippen molar-refractivity contribution in [2.45, 2.75) is 44.8 Å². The van der Waals surface area contributed by atoms with Gasteiger partial charge in [0.1, 0.15) is 0 Å². The Morgan fingerprint density at radius 2 is 1.78 bits per heavy atom. The summed E-state index contributed by atoms with van der Waals surface area (Å²) in [4.78, 5) is 2.50. The van der Waals surface area contributed by atoms with Crippen molar-refractivity contribution in [3.05, 3.63) is 71.6 Å². The van der Waals surface area contributed by atoms with E-state index in [4.69, 9.17) is 4.74 Å². The third kappa shape index (κ3) is 3.54. The Morgan fingerprint density at radius 3 is 2.59 bits per heavy atom. The highest BCUT2D eigenvalue weighted by atomic mass is 16.5. The molecule has 0 saturated carbocycles. The van der Waals surface area contributed by atoms with Gasteiger partial charge in [0.25, 0.3) is 0 Å². The number of hydrogen-bond acceptors (Lipinski definition) is 3. The van der Waals surface area contributed by atoms with E-state index < -0.39 is 0 Å². The van der Waals surface area contributed by atoms with E-state index in [1.165, 1.54) is 46.9 Å². The maximum Gasteiger partial charge on any atom is 0.166 e. The van der Waals surface area contributed by atoms with Crippen molar-refractivity contribution in [3.63, 3.8) is 0 Å². The van der Waals surface area contributed by atoms with E-state index in [9.17, 15) is 0 Å². The van der Waals surface area contributed by atoms with Gasteiger partial charge in [0.05, 0.1) is 0 Å². The van der Waals surface area contributed by atoms with Crippen LogP contribution in [0.1, 0.15) is 38.2 Å². The molecule has 142 valence electrons. The Morgan fingerprint density at radius 1 is 1.00 bits per heavy atom. The van der Waals surface area contributed by atoms with Crippen LogP contribution in [0.3, 0.4) is 0 Å². The van der Waals surface area contributed by atoms with E-state index in [2.05, 4.69) is 71.9 Å². The predicted molar refractivity (Wildman–Crippen MR) is 112 cm³/mol. The second kappa shape index (κ2) is 7.87. The van der Waals surface area contributed by atoms with Gasteiger partial charge in [-0.2, -0.15) is 0 Å². The quantitative estimate of drug-likeness (QED) is 0.811. The summed E-state index contributed by atoms with van der Waals surface area (Å²) in [6.07, 6.45) is 10.3. The van der Waals surface area contributed by atoms with Crippen molar-refractivity contribution in [1.82, 2.24) is 10.2 Å². The first kappa shape index (κ1) is 18.3. The van der Waals surface area contributed by atoms with Crippen LogP contribution < -0.4 is 5.32 Å². The SMILES string of the molecule is COC1(N2CCCCC2)C=C(CCc2cccc3ccccc23)NC=C1C. The van der Waals surface area contributed by atoms with E-state index in [-0.39, 0.29) is 5.72 Å². The molecule has 2 aromatic carbocycles. The van der Waals surface area contributed by atoms with Gasteiger partial charge in [-0.25, -0.2) is 0 Å². The minimum Gasteiger partial charge on any atom is -0.365 e. The lowest BCUT2D eigenvalue weighted by molar-refractivity contribution is -0.0807. The topological polar surface area (TPSA) is 24.5 Å². The Bertz CT molecular complexity index is 858. The third-order valence-corrected chi connectivity index (χ3v) is 6.09. The molecular formula is C24H30N2O. The van der Waals surface area contributed by atoms with Crippen LogP contribution in [0, 0.1) is 0 Å². The summed E-state index contributed by atoms with van der Waals surface area (Å²) in [5, 5.41) is 6.18. The highest BCUT2D eigenvalue weighted by molar-refractivity contribution is 5.85. The maximum atomic E-state index is 6.12. The number of aryl methyl sites for hydroxylation is 1. The van der Waals surface area contributed by atoms with Crippen molar-refractivity contribution in [3.8, 4) is 0 Å². The summed E-state index contributed by atoms with van der Waals surface area (Å²) in [6.45, 7) is 4.38. The molecule has 1 atom stereocenters. The Kier molecular flexibility index (Phi) is 5.33. The number of likely N-dealkylation sites (tertiary alicyclic amines) is 1. The number of allylic oxidation sites excluding steroid dienone is 1. The molecule has 0 bridgehead atoms. The highest BCUT2D eigenvalue weighted by Crippen LogP contribution is 2.34. The lowest BCUT2D eigenvalue weighted by atomic mass is 9.93. The van der Waals surface area contributed by atoms with E-state index in [0.29, 0.717) is 0 Å². The zero-order valence-corrected chi connectivity index (χ0v) is 16.5. The second-order valence-electron chi connectivity index (χ2n) is 7.73. The average Bonchev–Trinajstić information content (AvgIpc) is 2.74. The number of nitrogens with zero attached hydrogens (tertiary/aromatic N) is 1. The zero-order valence-electron chi connectivity index (χ0n) is 16.5. The molecule has 3 heteroatoms. The number of piperidine rings is 1. The summed E-state index contributed by atoms with van der Waals surface area (Å²) in [5.74, 6) is 0. The van der Waals surface area contributed by atoms with E-state index in [1.54, 1.807) is 0 Å². The number of fused-ring (bicyclic) bond motifs is 1. The number of rotatable bonds is 5. The average molecular weight is 363 g/mol. The van der Waals surface area contributed by atoms with Crippen molar-refractivity contribution in [2.24, 2.45) is 0 Å². The van der Waals surface area contributed by atoms with Gasteiger partial charge in [-0.1, -0.05) is 48.9 Å². The van der Waals surface area contributed by atoms with Crippen molar-refractivity contribution in [2.75, 3.05) is 20.2 Å². The summed E-state index contributed by atoms with van der Waals surface area (Å²) in [7, 11) is 1.84. The van der Waals surface area contributed by atoms with Crippen LogP contribution in [0.4, 0.5) is 0 Å². The van der Waals surface area contributed by atoms with Gasteiger partial charge in [0, 0.05) is 32.1 Å². The molecule has 2 heterocycles. The first-order valence-electron chi connectivity index (χ1n) is 10.2. The van der Waals surface area contributed by atoms with Crippen LogP contribution in [0.25, 0.3) is 10.8 Å². The van der Waals surface area contributed by atoms with Crippen molar-refractivity contribution >= 4 is 10.8 Å². The molecule has 4 rings (SSSR count). The van der Waals surface area contributed by atoms with Crippen LogP contribution in [-0.4, -0.2) is 30.8 Å². The minimum absolute atomic E-state index is 0.389. The molecule has 1 saturated heterocycles. The lowest BCUT2D eigenvalue weighted by Gasteiger charge is -2.45. The normalized spacial score (nSPS) is 23.6. The summed E-state index contributed by atoms with van der Waals surface area (Å²) in [5.41, 5.74) is 3.50. The molecule has 0 spiro atoms. The van der Waals surface area contributed by atoms with Crippen molar-refractivity contribution < 1.29 is 4.74 Å². The fourth-order valence-electron chi connectivity index (χ4n) is 4.54. The van der Waals surface area contributed by atoms with E-state index in [0.717, 1.165) is 25.9 Å². The molecule has 1 fully saturated rings. The smallest absolute Gasteiger partial charge is 0.166 e. The van der Waals surface area contributed by atoms with Gasteiger partial charge in [0.15, 0.2) is 5.72 Å². The van der Waals surface area contributed by atoms with Gasteiger partial charge in [-0.15, -0.1) is 0 Å².